The highest BCUT2D eigenvalue weighted by Crippen LogP contribution is 1.59. The highest BCUT2D eigenvalue weighted by Gasteiger charge is 1.59. The van der Waals surface area contributed by atoms with E-state index in [-0.39, 0.29) is 0 Å². The van der Waals surface area contributed by atoms with Gasteiger partial charge in [-0.3, -0.25) is 0 Å². The summed E-state index contributed by atoms with van der Waals surface area (Å²) in [6.07, 6.45) is 0. The molecule has 0 aliphatic rings. The maximum Gasteiger partial charge on any atom is 0.0366 e. The first-order valence-corrected chi connectivity index (χ1v) is 7.04. The Morgan fingerprint density at radius 1 is 0.286 bits per heavy atom. The molecule has 118 valence electrons. The molecule has 0 bridgehead atoms. The van der Waals surface area contributed by atoms with E-state index in [1.165, 1.54) is 0 Å². The van der Waals surface area contributed by atoms with Crippen LogP contribution in [-0.2, 0) is 0 Å². The van der Waals surface area contributed by atoms with E-state index in [9.17, 15) is 0 Å². The van der Waals surface area contributed by atoms with Gasteiger partial charge in [0.15, 0.2) is 0 Å². The van der Waals surface area contributed by atoms with Gasteiger partial charge in [0.1, 0.15) is 0 Å². The summed E-state index contributed by atoms with van der Waals surface area (Å²) in [6.45, 7) is 0.479. The summed E-state index contributed by atoms with van der Waals surface area (Å²) in [5, 5.41) is 0. The van der Waals surface area contributed by atoms with Gasteiger partial charge in [-0.2, -0.15) is 0 Å². The fourth-order valence-corrected chi connectivity index (χ4v) is 0.786. The first-order chi connectivity index (χ1) is 14.8. The lowest BCUT2D eigenvalue weighted by atomic mass is 10.4. The molecule has 0 fully saturated rings. The second kappa shape index (κ2) is 21.3. The molecule has 0 nitrogen and oxygen atoms in total. The van der Waals surface area contributed by atoms with E-state index in [4.69, 9.17) is 2.74 Å². The molecule has 0 heteroatoms. The summed E-state index contributed by atoms with van der Waals surface area (Å²) in [6, 6.07) is 0. The molecular formula is C28H6. The minimum Gasteiger partial charge on any atom is -0.0925 e. The van der Waals surface area contributed by atoms with Crippen molar-refractivity contribution in [3.05, 3.63) is 0 Å². The Labute approximate surface area is 170 Å². The van der Waals surface area contributed by atoms with Crippen molar-refractivity contribution in [1.82, 2.24) is 0 Å². The summed E-state index contributed by atoms with van der Waals surface area (Å²) in [7, 11) is 0. The van der Waals surface area contributed by atoms with E-state index in [1.807, 2.05) is 0 Å². The molecule has 0 spiro atoms. The maximum atomic E-state index is 6.82. The molecule has 0 unspecified atom stereocenters. The third-order valence-corrected chi connectivity index (χ3v) is 1.63. The molecule has 0 atom stereocenters. The zero-order valence-corrected chi connectivity index (χ0v) is 14.6. The molecule has 0 aliphatic heterocycles. The van der Waals surface area contributed by atoms with Crippen molar-refractivity contribution >= 4 is 0 Å². The quantitative estimate of drug-likeness (QED) is 0.576. The normalized spacial score (nSPS) is 5.07. The van der Waals surface area contributed by atoms with Crippen LogP contribution < -0.4 is 0 Å². The highest BCUT2D eigenvalue weighted by molar-refractivity contribution is 5.48. The second-order valence-electron chi connectivity index (χ2n) is 3.39. The van der Waals surface area contributed by atoms with Crippen LogP contribution in [0.5, 0.6) is 0 Å². The predicted molar refractivity (Wildman–Crippen MR) is 112 cm³/mol. The van der Waals surface area contributed by atoms with Crippen LogP contribution in [0.25, 0.3) is 0 Å². The number of hydrogen-bond acceptors (Lipinski definition) is 0. The van der Waals surface area contributed by atoms with Crippen molar-refractivity contribution in [2.45, 2.75) is 13.8 Å². The summed E-state index contributed by atoms with van der Waals surface area (Å²) < 4.78 is 13.6. The summed E-state index contributed by atoms with van der Waals surface area (Å²) >= 11 is 0. The zero-order valence-electron chi connectivity index (χ0n) is 16.6. The lowest BCUT2D eigenvalue weighted by Crippen LogP contribution is -1.57. The molecule has 0 N–H and O–H groups in total. The zero-order chi connectivity index (χ0) is 22.0. The van der Waals surface area contributed by atoms with Crippen molar-refractivity contribution in [2.24, 2.45) is 0 Å². The largest absolute Gasteiger partial charge is 0.0925 e. The monoisotopic (exact) mass is 346 g/mol. The Bertz CT molecular complexity index is 1480. The summed E-state index contributed by atoms with van der Waals surface area (Å²) in [4.78, 5) is 0. The number of hydrogen-bond donors (Lipinski definition) is 0. The van der Waals surface area contributed by atoms with Gasteiger partial charge in [-0.15, -0.1) is 0 Å². The van der Waals surface area contributed by atoms with Crippen molar-refractivity contribution in [2.75, 3.05) is 0 Å². The van der Waals surface area contributed by atoms with Crippen LogP contribution in [0.15, 0.2) is 0 Å². The minimum absolute atomic E-state index is 1.21. The van der Waals surface area contributed by atoms with Crippen LogP contribution in [0.2, 0.25) is 0 Å². The average Bonchev–Trinajstić information content (AvgIpc) is 2.73. The van der Waals surface area contributed by atoms with E-state index in [1.54, 1.807) is 6.92 Å². The molecule has 0 saturated heterocycles. The van der Waals surface area contributed by atoms with Gasteiger partial charge in [0.25, 0.3) is 0 Å². The molecule has 0 aromatic heterocycles. The Kier molecular flexibility index (Phi) is 14.1. The summed E-state index contributed by atoms with van der Waals surface area (Å²) in [5.41, 5.74) is 0. The summed E-state index contributed by atoms with van der Waals surface area (Å²) in [5.74, 6) is 64.2. The van der Waals surface area contributed by atoms with Gasteiger partial charge in [0.2, 0.25) is 0 Å². The van der Waals surface area contributed by atoms with Gasteiger partial charge in [0.05, 0.1) is 0 Å². The standard InChI is InChI=1S/C28H6/c1-3-5-7-9-11-13-15-17-19-21-23-25-27-28-26-24-22-20-18-16-14-12-10-8-6-4-2/h1-2H3/i1T2. The van der Waals surface area contributed by atoms with E-state index in [2.05, 4.69) is 154 Å². The fourth-order valence-electron chi connectivity index (χ4n) is 0.786. The Hall–Kier alpha value is -5.72. The highest BCUT2D eigenvalue weighted by atomic mass is 13.6. The topological polar surface area (TPSA) is 0 Å². The van der Waals surface area contributed by atoms with Crippen LogP contribution in [0.4, 0.5) is 0 Å². The molecular weight excluding hydrogens is 336 g/mol. The first-order valence-electron chi connectivity index (χ1n) is 8.19. The van der Waals surface area contributed by atoms with E-state index >= 15 is 0 Å². The third kappa shape index (κ3) is 20.3. The Morgan fingerprint density at radius 3 is 0.643 bits per heavy atom. The SMILES string of the molecule is [3H]C([3H])C#CC#CC#CC#CC#CC#CC#CC#CC#CC#CC#CC#CC#CC. The minimum atomic E-state index is -1.21. The molecule has 0 rings (SSSR count). The van der Waals surface area contributed by atoms with E-state index in [0.29, 0.717) is 0 Å². The van der Waals surface area contributed by atoms with Gasteiger partial charge >= 0.3 is 0 Å². The van der Waals surface area contributed by atoms with Gasteiger partial charge in [0, 0.05) is 50.1 Å². The van der Waals surface area contributed by atoms with Crippen LogP contribution in [0.1, 0.15) is 16.5 Å². The Morgan fingerprint density at radius 2 is 0.464 bits per heavy atom. The van der Waals surface area contributed by atoms with Crippen molar-refractivity contribution < 1.29 is 2.74 Å². The molecule has 0 aromatic rings. The van der Waals surface area contributed by atoms with E-state index in [0.717, 1.165) is 0 Å². The molecule has 0 heterocycles. The maximum absolute atomic E-state index is 6.82. The van der Waals surface area contributed by atoms with Crippen molar-refractivity contribution in [1.29, 1.82) is 0 Å². The number of rotatable bonds is 0. The van der Waals surface area contributed by atoms with Gasteiger partial charge < -0.3 is 0 Å². The van der Waals surface area contributed by atoms with Crippen LogP contribution in [-0.4, -0.2) is 0 Å². The first kappa shape index (κ1) is 18.6. The average molecular weight is 346 g/mol. The molecule has 0 amide bonds. The molecule has 0 aliphatic carbocycles. The van der Waals surface area contributed by atoms with Gasteiger partial charge in [-0.05, 0) is 109 Å². The van der Waals surface area contributed by atoms with Gasteiger partial charge in [-0.1, -0.05) is 11.8 Å². The predicted octanol–water partition coefficient (Wildman–Crippen LogP) is 1.07. The van der Waals surface area contributed by atoms with Crippen LogP contribution in [0.3, 0.4) is 0 Å². The van der Waals surface area contributed by atoms with Crippen molar-refractivity contribution in [3.63, 3.8) is 0 Å². The third-order valence-electron chi connectivity index (χ3n) is 1.63. The molecule has 0 radical (unpaired) electrons. The van der Waals surface area contributed by atoms with Gasteiger partial charge in [-0.25, -0.2) is 0 Å². The lowest BCUT2D eigenvalue weighted by Gasteiger charge is -1.57. The smallest absolute Gasteiger partial charge is 0.0366 e. The van der Waals surface area contributed by atoms with E-state index < -0.39 is 6.88 Å². The fraction of sp³-hybridized carbons (Fsp3) is 0.0714. The second-order valence-corrected chi connectivity index (χ2v) is 3.39. The molecule has 28 heavy (non-hydrogen) atoms. The van der Waals surface area contributed by atoms with Crippen LogP contribution >= 0.6 is 0 Å². The van der Waals surface area contributed by atoms with Crippen molar-refractivity contribution in [3.8, 4) is 154 Å². The lowest BCUT2D eigenvalue weighted by molar-refractivity contribution is 1.92. The molecule has 0 aromatic carbocycles. The molecule has 0 saturated carbocycles. The van der Waals surface area contributed by atoms with Crippen LogP contribution in [0, 0.1) is 154 Å². The Balaban J connectivity index is 4.45.